The molecule has 1 aliphatic heterocycles. The van der Waals surface area contributed by atoms with Gasteiger partial charge in [0.05, 0.1) is 25.3 Å². The van der Waals surface area contributed by atoms with Crippen LogP contribution in [0.25, 0.3) is 11.0 Å². The number of terminal acetylenes is 1. The van der Waals surface area contributed by atoms with Crippen molar-refractivity contribution in [3.05, 3.63) is 33.7 Å². The number of aromatic amines is 1. The van der Waals surface area contributed by atoms with Crippen molar-refractivity contribution >= 4 is 28.6 Å². The number of methoxy groups -OCH3 is 2. The van der Waals surface area contributed by atoms with Gasteiger partial charge in [-0.25, -0.2) is 4.98 Å². The van der Waals surface area contributed by atoms with Gasteiger partial charge in [-0.3, -0.25) is 9.59 Å². The fraction of sp³-hybridized carbons (Fsp3) is 0.353. The number of carbonyl (C=O) groups is 1. The summed E-state index contributed by atoms with van der Waals surface area (Å²) in [5.41, 5.74) is 0.849. The second-order valence-corrected chi connectivity index (χ2v) is 5.27. The number of carbonyl (C=O) groups excluding carboxylic acids is 1. The Morgan fingerprint density at radius 1 is 1.36 bits per heavy atom. The van der Waals surface area contributed by atoms with Crippen LogP contribution in [-0.2, 0) is 9.53 Å². The molecule has 1 saturated heterocycles. The Kier molecular flexibility index (Phi) is 8.47. The lowest BCUT2D eigenvalue weighted by Crippen LogP contribution is -2.31. The molecule has 0 aliphatic carbocycles. The lowest BCUT2D eigenvalue weighted by molar-refractivity contribution is -0.142. The minimum atomic E-state index is -0.396. The number of ether oxygens (including phenoxy) is 2. The zero-order valence-electron chi connectivity index (χ0n) is 14.0. The summed E-state index contributed by atoms with van der Waals surface area (Å²) in [5, 5.41) is 2.98. The summed E-state index contributed by atoms with van der Waals surface area (Å²) in [6.45, 7) is 0.944. The zero-order chi connectivity index (χ0) is 18.8. The summed E-state index contributed by atoms with van der Waals surface area (Å²) < 4.78 is 9.54. The van der Waals surface area contributed by atoms with E-state index in [0.29, 0.717) is 16.8 Å². The summed E-state index contributed by atoms with van der Waals surface area (Å²) in [6.07, 6.45) is 10.0. The average Bonchev–Trinajstić information content (AvgIpc) is 3.18. The molecular weight excluding hydrogens is 346 g/mol. The topological polar surface area (TPSA) is 93.3 Å². The lowest BCUT2D eigenvalue weighted by atomic mass is 10.2. The molecule has 1 aromatic carbocycles. The van der Waals surface area contributed by atoms with Gasteiger partial charge in [-0.05, 0) is 31.5 Å². The van der Waals surface area contributed by atoms with Crippen LogP contribution in [0.2, 0.25) is 5.15 Å². The van der Waals surface area contributed by atoms with Crippen molar-refractivity contribution in [1.82, 2.24) is 15.3 Å². The highest BCUT2D eigenvalue weighted by Crippen LogP contribution is 2.16. The molecule has 0 bridgehead atoms. The highest BCUT2D eigenvalue weighted by molar-refractivity contribution is 6.29. The number of H-pyrrole nitrogens is 1. The Morgan fingerprint density at radius 2 is 2.08 bits per heavy atom. The number of rotatable bonds is 2. The van der Waals surface area contributed by atoms with E-state index >= 15 is 0 Å². The molecule has 3 rings (SSSR count). The van der Waals surface area contributed by atoms with Crippen molar-refractivity contribution in [2.75, 3.05) is 20.8 Å². The van der Waals surface area contributed by atoms with Gasteiger partial charge in [0.2, 0.25) is 0 Å². The minimum absolute atomic E-state index is 0.0324. The molecule has 8 heteroatoms. The minimum Gasteiger partial charge on any atom is -0.497 e. The van der Waals surface area contributed by atoms with E-state index in [1.54, 1.807) is 25.3 Å². The summed E-state index contributed by atoms with van der Waals surface area (Å²) in [6, 6.07) is 5.15. The number of benzene rings is 1. The number of aromatic nitrogens is 2. The van der Waals surface area contributed by atoms with Crippen molar-refractivity contribution in [3.63, 3.8) is 0 Å². The molecule has 0 radical (unpaired) electrons. The maximum atomic E-state index is 11.1. The normalized spacial score (nSPS) is 15.3. The number of fused-ring (bicyclic) bond motifs is 1. The Labute approximate surface area is 150 Å². The Hall–Kier alpha value is -2.56. The first kappa shape index (κ1) is 20.5. The van der Waals surface area contributed by atoms with Gasteiger partial charge < -0.3 is 19.8 Å². The predicted molar refractivity (Wildman–Crippen MR) is 96.9 cm³/mol. The van der Waals surface area contributed by atoms with Gasteiger partial charge in [0.25, 0.3) is 5.56 Å². The number of hydrogen-bond acceptors (Lipinski definition) is 6. The van der Waals surface area contributed by atoms with E-state index in [1.165, 1.54) is 7.11 Å². The Bertz CT molecular complexity index is 782. The standard InChI is InChI=1S/C9H7ClN2O2.C6H11NO2.C2H2/c1-14-5-2-3-6-7(4-5)12-9(13)8(10)11-6;1-9-6(8)5-3-2-4-7-5;1-2/h2-4H,1H3,(H,12,13);5,7H,2-4H2,1H3;1-2H. The van der Waals surface area contributed by atoms with Crippen molar-refractivity contribution < 1.29 is 14.3 Å². The first-order valence-corrected chi connectivity index (χ1v) is 7.81. The van der Waals surface area contributed by atoms with Gasteiger partial charge in [0, 0.05) is 6.07 Å². The van der Waals surface area contributed by atoms with Crippen LogP contribution in [0.5, 0.6) is 5.75 Å². The van der Waals surface area contributed by atoms with Gasteiger partial charge in [0.1, 0.15) is 11.8 Å². The van der Waals surface area contributed by atoms with Gasteiger partial charge in [-0.1, -0.05) is 11.6 Å². The molecule has 25 heavy (non-hydrogen) atoms. The van der Waals surface area contributed by atoms with E-state index in [9.17, 15) is 9.59 Å². The third-order valence-corrected chi connectivity index (χ3v) is 3.66. The summed E-state index contributed by atoms with van der Waals surface area (Å²) >= 11 is 5.58. The smallest absolute Gasteiger partial charge is 0.322 e. The number of nitrogens with zero attached hydrogens (tertiary/aromatic N) is 1. The van der Waals surface area contributed by atoms with Crippen LogP contribution in [-0.4, -0.2) is 42.7 Å². The molecule has 7 nitrogen and oxygen atoms in total. The third-order valence-electron chi connectivity index (χ3n) is 3.40. The molecule has 134 valence electrons. The fourth-order valence-electron chi connectivity index (χ4n) is 2.20. The summed E-state index contributed by atoms with van der Waals surface area (Å²) in [5.74, 6) is 0.532. The zero-order valence-corrected chi connectivity index (χ0v) is 14.8. The van der Waals surface area contributed by atoms with E-state index in [1.807, 2.05) is 0 Å². The molecule has 2 heterocycles. The fourth-order valence-corrected chi connectivity index (χ4v) is 2.34. The van der Waals surface area contributed by atoms with Crippen LogP contribution in [0, 0.1) is 12.8 Å². The summed E-state index contributed by atoms with van der Waals surface area (Å²) in [7, 11) is 2.98. The highest BCUT2D eigenvalue weighted by atomic mass is 35.5. The van der Waals surface area contributed by atoms with E-state index in [2.05, 4.69) is 32.9 Å². The molecule has 0 spiro atoms. The molecule has 0 saturated carbocycles. The molecule has 1 fully saturated rings. The van der Waals surface area contributed by atoms with Crippen molar-refractivity contribution in [1.29, 1.82) is 0 Å². The second kappa shape index (κ2) is 10.3. The van der Waals surface area contributed by atoms with Crippen LogP contribution in [0.4, 0.5) is 0 Å². The SMILES string of the molecule is C#C.COC(=O)C1CCCN1.COc1ccc2nc(Cl)c(=O)[nH]c2c1. The number of halogens is 1. The molecule has 1 aromatic heterocycles. The van der Waals surface area contributed by atoms with E-state index in [-0.39, 0.29) is 17.2 Å². The van der Waals surface area contributed by atoms with Crippen LogP contribution in [0.15, 0.2) is 23.0 Å². The maximum absolute atomic E-state index is 11.1. The molecule has 0 amide bonds. The Balaban J connectivity index is 0.000000246. The van der Waals surface area contributed by atoms with Crippen molar-refractivity contribution in [3.8, 4) is 18.6 Å². The highest BCUT2D eigenvalue weighted by Gasteiger charge is 2.21. The van der Waals surface area contributed by atoms with Crippen LogP contribution in [0.3, 0.4) is 0 Å². The molecule has 1 unspecified atom stereocenters. The molecule has 2 N–H and O–H groups in total. The summed E-state index contributed by atoms with van der Waals surface area (Å²) in [4.78, 5) is 28.4. The van der Waals surface area contributed by atoms with E-state index in [4.69, 9.17) is 16.3 Å². The second-order valence-electron chi connectivity index (χ2n) is 4.91. The molecular formula is C17H20ClN3O4. The van der Waals surface area contributed by atoms with Crippen molar-refractivity contribution in [2.24, 2.45) is 0 Å². The molecule has 2 aromatic rings. The van der Waals surface area contributed by atoms with Gasteiger partial charge >= 0.3 is 5.97 Å². The first-order chi connectivity index (χ1) is 12.0. The van der Waals surface area contributed by atoms with Gasteiger partial charge in [-0.2, -0.15) is 0 Å². The van der Waals surface area contributed by atoms with Crippen molar-refractivity contribution in [2.45, 2.75) is 18.9 Å². The predicted octanol–water partition coefficient (Wildman–Crippen LogP) is 1.75. The number of hydrogen-bond donors (Lipinski definition) is 2. The monoisotopic (exact) mass is 365 g/mol. The first-order valence-electron chi connectivity index (χ1n) is 7.43. The largest absolute Gasteiger partial charge is 0.497 e. The quantitative estimate of drug-likeness (QED) is 0.622. The number of esters is 1. The maximum Gasteiger partial charge on any atom is 0.322 e. The number of nitrogens with one attached hydrogen (secondary N) is 2. The van der Waals surface area contributed by atoms with Crippen LogP contribution >= 0.6 is 11.6 Å². The molecule has 1 aliphatic rings. The van der Waals surface area contributed by atoms with E-state index < -0.39 is 5.56 Å². The van der Waals surface area contributed by atoms with Crippen LogP contribution in [0.1, 0.15) is 12.8 Å². The van der Waals surface area contributed by atoms with Crippen LogP contribution < -0.4 is 15.6 Å². The average molecular weight is 366 g/mol. The molecule has 1 atom stereocenters. The van der Waals surface area contributed by atoms with Gasteiger partial charge in [-0.15, -0.1) is 12.8 Å². The van der Waals surface area contributed by atoms with Gasteiger partial charge in [0.15, 0.2) is 5.15 Å². The third kappa shape index (κ3) is 5.78. The Morgan fingerprint density at radius 3 is 2.64 bits per heavy atom. The van der Waals surface area contributed by atoms with E-state index in [0.717, 1.165) is 19.4 Å². The lowest BCUT2D eigenvalue weighted by Gasteiger charge is -2.04.